The number of aromatic nitrogens is 2. The number of halogens is 1. The molecule has 1 aliphatic heterocycles. The first-order valence-corrected chi connectivity index (χ1v) is 8.27. The Morgan fingerprint density at radius 3 is 2.67 bits per heavy atom. The van der Waals surface area contributed by atoms with Gasteiger partial charge in [0, 0.05) is 12.1 Å². The molecule has 0 spiro atoms. The Morgan fingerprint density at radius 2 is 2.00 bits per heavy atom. The van der Waals surface area contributed by atoms with Crippen molar-refractivity contribution in [1.82, 2.24) is 9.78 Å². The molecular weight excluding hydrogens is 326 g/mol. The van der Waals surface area contributed by atoms with Crippen LogP contribution in [-0.2, 0) is 0 Å². The van der Waals surface area contributed by atoms with Gasteiger partial charge in [-0.05, 0) is 40.3 Å². The standard InChI is InChI=1S/C17H22BrN3/c1-11-7-5-6-8-12(11)15-14(18)16-19-10-9-13(17(2,3)4)21(16)20-15/h5-8,13,19H,9-10H2,1-4H3. The second kappa shape index (κ2) is 5.16. The molecular formula is C17H22BrN3. The summed E-state index contributed by atoms with van der Waals surface area (Å²) >= 11 is 3.76. The van der Waals surface area contributed by atoms with E-state index in [1.807, 2.05) is 0 Å². The zero-order chi connectivity index (χ0) is 15.2. The minimum absolute atomic E-state index is 0.200. The summed E-state index contributed by atoms with van der Waals surface area (Å²) in [5.41, 5.74) is 3.68. The maximum Gasteiger partial charge on any atom is 0.139 e. The number of rotatable bonds is 1. The van der Waals surface area contributed by atoms with Crippen molar-refractivity contribution in [3.05, 3.63) is 34.3 Å². The van der Waals surface area contributed by atoms with E-state index in [1.165, 1.54) is 11.1 Å². The zero-order valence-electron chi connectivity index (χ0n) is 13.1. The number of hydrogen-bond donors (Lipinski definition) is 1. The van der Waals surface area contributed by atoms with E-state index in [2.05, 4.69) is 77.9 Å². The van der Waals surface area contributed by atoms with Crippen molar-refractivity contribution >= 4 is 21.7 Å². The Bertz CT molecular complexity index is 667. The van der Waals surface area contributed by atoms with Crippen LogP contribution in [-0.4, -0.2) is 16.3 Å². The Kier molecular flexibility index (Phi) is 3.60. The molecule has 0 aliphatic carbocycles. The number of benzene rings is 1. The summed E-state index contributed by atoms with van der Waals surface area (Å²) in [5.74, 6) is 1.11. The molecule has 1 aromatic heterocycles. The summed E-state index contributed by atoms with van der Waals surface area (Å²) in [6, 6.07) is 8.83. The van der Waals surface area contributed by atoms with Crippen molar-refractivity contribution in [2.75, 3.05) is 11.9 Å². The lowest BCUT2D eigenvalue weighted by atomic mass is 9.84. The minimum atomic E-state index is 0.200. The number of aryl methyl sites for hydroxylation is 1. The van der Waals surface area contributed by atoms with Gasteiger partial charge in [-0.15, -0.1) is 0 Å². The van der Waals surface area contributed by atoms with E-state index >= 15 is 0 Å². The second-order valence-electron chi connectivity index (χ2n) is 6.87. The number of fused-ring (bicyclic) bond motifs is 1. The first kappa shape index (κ1) is 14.6. The summed E-state index contributed by atoms with van der Waals surface area (Å²) in [6.45, 7) is 10.00. The predicted molar refractivity (Wildman–Crippen MR) is 91.7 cm³/mol. The van der Waals surface area contributed by atoms with E-state index in [1.54, 1.807) is 0 Å². The number of anilines is 1. The van der Waals surface area contributed by atoms with Crippen LogP contribution >= 0.6 is 15.9 Å². The molecule has 0 radical (unpaired) electrons. The van der Waals surface area contributed by atoms with E-state index in [0.717, 1.165) is 29.0 Å². The number of nitrogens with zero attached hydrogens (tertiary/aromatic N) is 2. The van der Waals surface area contributed by atoms with Gasteiger partial charge in [0.1, 0.15) is 11.5 Å². The van der Waals surface area contributed by atoms with Crippen molar-refractivity contribution in [2.24, 2.45) is 5.41 Å². The third-order valence-corrected chi connectivity index (χ3v) is 5.01. The highest BCUT2D eigenvalue weighted by molar-refractivity contribution is 9.10. The molecule has 1 aromatic carbocycles. The van der Waals surface area contributed by atoms with Crippen molar-refractivity contribution in [2.45, 2.75) is 40.2 Å². The van der Waals surface area contributed by atoms with Gasteiger partial charge in [0.05, 0.1) is 10.5 Å². The van der Waals surface area contributed by atoms with Crippen LogP contribution in [0.2, 0.25) is 0 Å². The molecule has 112 valence electrons. The molecule has 21 heavy (non-hydrogen) atoms. The molecule has 0 saturated carbocycles. The topological polar surface area (TPSA) is 29.9 Å². The maximum atomic E-state index is 4.94. The zero-order valence-corrected chi connectivity index (χ0v) is 14.7. The molecule has 0 bridgehead atoms. The third-order valence-electron chi connectivity index (χ3n) is 4.26. The monoisotopic (exact) mass is 347 g/mol. The van der Waals surface area contributed by atoms with Gasteiger partial charge in [0.25, 0.3) is 0 Å². The highest BCUT2D eigenvalue weighted by Gasteiger charge is 2.33. The van der Waals surface area contributed by atoms with Gasteiger partial charge in [-0.2, -0.15) is 5.10 Å². The fourth-order valence-electron chi connectivity index (χ4n) is 3.06. The van der Waals surface area contributed by atoms with E-state index in [9.17, 15) is 0 Å². The van der Waals surface area contributed by atoms with E-state index in [4.69, 9.17) is 5.10 Å². The van der Waals surface area contributed by atoms with Crippen molar-refractivity contribution in [3.63, 3.8) is 0 Å². The van der Waals surface area contributed by atoms with Crippen LogP contribution in [0, 0.1) is 12.3 Å². The Morgan fingerprint density at radius 1 is 1.29 bits per heavy atom. The summed E-state index contributed by atoms with van der Waals surface area (Å²) in [6.07, 6.45) is 1.11. The van der Waals surface area contributed by atoms with E-state index in [-0.39, 0.29) is 5.41 Å². The lowest BCUT2D eigenvalue weighted by Crippen LogP contribution is -2.32. The lowest BCUT2D eigenvalue weighted by Gasteiger charge is -2.35. The Hall–Kier alpha value is -1.29. The van der Waals surface area contributed by atoms with E-state index < -0.39 is 0 Å². The maximum absolute atomic E-state index is 4.94. The number of hydrogen-bond acceptors (Lipinski definition) is 2. The van der Waals surface area contributed by atoms with Gasteiger partial charge in [-0.1, -0.05) is 45.0 Å². The van der Waals surface area contributed by atoms with Gasteiger partial charge in [0.15, 0.2) is 0 Å². The fraction of sp³-hybridized carbons (Fsp3) is 0.471. The van der Waals surface area contributed by atoms with Crippen molar-refractivity contribution in [3.8, 4) is 11.3 Å². The van der Waals surface area contributed by atoms with Crippen LogP contribution in [0.5, 0.6) is 0 Å². The van der Waals surface area contributed by atoms with Crippen LogP contribution < -0.4 is 5.32 Å². The molecule has 3 nitrogen and oxygen atoms in total. The molecule has 1 N–H and O–H groups in total. The smallest absolute Gasteiger partial charge is 0.139 e. The van der Waals surface area contributed by atoms with Crippen molar-refractivity contribution in [1.29, 1.82) is 0 Å². The van der Waals surface area contributed by atoms with Gasteiger partial charge in [0.2, 0.25) is 0 Å². The predicted octanol–water partition coefficient (Wildman–Crippen LogP) is 5.02. The molecule has 2 heterocycles. The highest BCUT2D eigenvalue weighted by atomic mass is 79.9. The fourth-order valence-corrected chi connectivity index (χ4v) is 3.67. The first-order valence-electron chi connectivity index (χ1n) is 7.47. The summed E-state index contributed by atoms with van der Waals surface area (Å²) in [7, 11) is 0. The molecule has 2 aromatic rings. The van der Waals surface area contributed by atoms with Crippen LogP contribution in [0.15, 0.2) is 28.7 Å². The number of nitrogens with one attached hydrogen (secondary N) is 1. The van der Waals surface area contributed by atoms with Gasteiger partial charge >= 0.3 is 0 Å². The average molecular weight is 348 g/mol. The molecule has 0 saturated heterocycles. The minimum Gasteiger partial charge on any atom is -0.369 e. The summed E-state index contributed by atoms with van der Waals surface area (Å²) < 4.78 is 3.25. The van der Waals surface area contributed by atoms with Crippen molar-refractivity contribution < 1.29 is 0 Å². The quantitative estimate of drug-likeness (QED) is 0.784. The van der Waals surface area contributed by atoms with Gasteiger partial charge in [-0.25, -0.2) is 4.68 Å². The normalized spacial score (nSPS) is 18.2. The molecule has 1 unspecified atom stereocenters. The van der Waals surface area contributed by atoms with Gasteiger partial charge in [-0.3, -0.25) is 0 Å². The van der Waals surface area contributed by atoms with E-state index in [0.29, 0.717) is 6.04 Å². The second-order valence-corrected chi connectivity index (χ2v) is 7.66. The van der Waals surface area contributed by atoms with Gasteiger partial charge < -0.3 is 5.32 Å². The SMILES string of the molecule is Cc1ccccc1-c1nn2c(c1Br)NCCC2C(C)(C)C. The first-order chi connectivity index (χ1) is 9.89. The summed E-state index contributed by atoms with van der Waals surface area (Å²) in [4.78, 5) is 0. The molecule has 1 atom stereocenters. The van der Waals surface area contributed by atoms with Crippen LogP contribution in [0.25, 0.3) is 11.3 Å². The highest BCUT2D eigenvalue weighted by Crippen LogP contribution is 2.43. The molecule has 0 amide bonds. The third kappa shape index (κ3) is 2.50. The lowest BCUT2D eigenvalue weighted by molar-refractivity contribution is 0.210. The van der Waals surface area contributed by atoms with Crippen LogP contribution in [0.3, 0.4) is 0 Å². The summed E-state index contributed by atoms with van der Waals surface area (Å²) in [5, 5.41) is 8.43. The average Bonchev–Trinajstić information content (AvgIpc) is 2.76. The Balaban J connectivity index is 2.15. The molecule has 1 aliphatic rings. The largest absolute Gasteiger partial charge is 0.369 e. The van der Waals surface area contributed by atoms with Crippen LogP contribution in [0.4, 0.5) is 5.82 Å². The molecule has 3 rings (SSSR count). The van der Waals surface area contributed by atoms with Crippen LogP contribution in [0.1, 0.15) is 38.8 Å². The molecule has 4 heteroatoms. The molecule has 0 fully saturated rings. The Labute approximate surface area is 134 Å².